The molecule has 0 fully saturated rings. The molecule has 0 aliphatic heterocycles. The summed E-state index contributed by atoms with van der Waals surface area (Å²) in [7, 11) is 0. The molecule has 19 heavy (non-hydrogen) atoms. The third-order valence-corrected chi connectivity index (χ3v) is 3.13. The number of aromatic nitrogens is 3. The van der Waals surface area contributed by atoms with Crippen molar-refractivity contribution in [3.63, 3.8) is 0 Å². The fraction of sp³-hybridized carbons (Fsp3) is 0.0714. The van der Waals surface area contributed by atoms with Gasteiger partial charge in [0.05, 0.1) is 10.9 Å². The largest absolute Gasteiger partial charge is 0.295 e. The normalized spacial score (nSPS) is 11.0. The van der Waals surface area contributed by atoms with E-state index in [-0.39, 0.29) is 5.56 Å². The SMILES string of the molecule is C=CCn1cnc2nc3ccc(Cl)cc3cc2c1=O. The third-order valence-electron chi connectivity index (χ3n) is 2.89. The lowest BCUT2D eigenvalue weighted by molar-refractivity contribution is 0.766. The van der Waals surface area contributed by atoms with Crippen molar-refractivity contribution in [1.29, 1.82) is 0 Å². The minimum atomic E-state index is -0.126. The van der Waals surface area contributed by atoms with E-state index < -0.39 is 0 Å². The summed E-state index contributed by atoms with van der Waals surface area (Å²) in [5.74, 6) is 0. The number of benzene rings is 1. The zero-order valence-corrected chi connectivity index (χ0v) is 10.8. The summed E-state index contributed by atoms with van der Waals surface area (Å²) in [6, 6.07) is 7.14. The van der Waals surface area contributed by atoms with E-state index in [0.717, 1.165) is 10.9 Å². The molecule has 2 heterocycles. The van der Waals surface area contributed by atoms with Gasteiger partial charge in [0.2, 0.25) is 0 Å². The van der Waals surface area contributed by atoms with Crippen LogP contribution in [-0.2, 0) is 6.54 Å². The van der Waals surface area contributed by atoms with Crippen LogP contribution >= 0.6 is 11.6 Å². The minimum absolute atomic E-state index is 0.126. The van der Waals surface area contributed by atoms with Gasteiger partial charge in [-0.25, -0.2) is 9.97 Å². The van der Waals surface area contributed by atoms with Gasteiger partial charge in [0.25, 0.3) is 5.56 Å². The molecule has 4 nitrogen and oxygen atoms in total. The summed E-state index contributed by atoms with van der Waals surface area (Å²) >= 11 is 5.95. The van der Waals surface area contributed by atoms with Crippen LogP contribution < -0.4 is 5.56 Å². The zero-order valence-electron chi connectivity index (χ0n) is 10.0. The highest BCUT2D eigenvalue weighted by molar-refractivity contribution is 6.31. The highest BCUT2D eigenvalue weighted by Gasteiger charge is 2.07. The van der Waals surface area contributed by atoms with Crippen molar-refractivity contribution in [3.8, 4) is 0 Å². The first kappa shape index (κ1) is 11.9. The number of nitrogens with zero attached hydrogens (tertiary/aromatic N) is 3. The topological polar surface area (TPSA) is 47.8 Å². The second-order valence-electron chi connectivity index (χ2n) is 4.19. The third kappa shape index (κ3) is 2.00. The number of pyridine rings is 1. The van der Waals surface area contributed by atoms with Crippen molar-refractivity contribution in [2.75, 3.05) is 0 Å². The second kappa shape index (κ2) is 4.48. The Kier molecular flexibility index (Phi) is 2.80. The van der Waals surface area contributed by atoms with Gasteiger partial charge in [0.1, 0.15) is 6.33 Å². The van der Waals surface area contributed by atoms with E-state index in [9.17, 15) is 4.79 Å². The van der Waals surface area contributed by atoms with E-state index in [4.69, 9.17) is 11.6 Å². The summed E-state index contributed by atoms with van der Waals surface area (Å²) in [6.45, 7) is 4.04. The van der Waals surface area contributed by atoms with E-state index in [1.807, 2.05) is 6.07 Å². The maximum atomic E-state index is 12.2. The van der Waals surface area contributed by atoms with Crippen molar-refractivity contribution < 1.29 is 0 Å². The first-order valence-corrected chi connectivity index (χ1v) is 6.13. The molecular weight excluding hydrogens is 262 g/mol. The Labute approximate surface area is 114 Å². The van der Waals surface area contributed by atoms with Gasteiger partial charge in [-0.15, -0.1) is 6.58 Å². The summed E-state index contributed by atoms with van der Waals surface area (Å²) in [6.07, 6.45) is 3.14. The van der Waals surface area contributed by atoms with Gasteiger partial charge in [0, 0.05) is 17.0 Å². The molecule has 2 aromatic heterocycles. The van der Waals surface area contributed by atoms with Gasteiger partial charge < -0.3 is 0 Å². The van der Waals surface area contributed by atoms with Crippen LogP contribution in [0.2, 0.25) is 5.02 Å². The van der Waals surface area contributed by atoms with Crippen LogP contribution in [0.4, 0.5) is 0 Å². The van der Waals surface area contributed by atoms with Crippen LogP contribution in [0.25, 0.3) is 21.9 Å². The highest BCUT2D eigenvalue weighted by Crippen LogP contribution is 2.20. The van der Waals surface area contributed by atoms with Crippen LogP contribution in [0.15, 0.2) is 48.0 Å². The molecule has 0 amide bonds. The first-order valence-electron chi connectivity index (χ1n) is 5.75. The Balaban J connectivity index is 2.39. The lowest BCUT2D eigenvalue weighted by Crippen LogP contribution is -2.20. The monoisotopic (exact) mass is 271 g/mol. The fourth-order valence-corrected chi connectivity index (χ4v) is 2.17. The predicted octanol–water partition coefficient (Wildman–Crippen LogP) is 2.78. The smallest absolute Gasteiger partial charge is 0.263 e. The van der Waals surface area contributed by atoms with Crippen molar-refractivity contribution in [2.24, 2.45) is 0 Å². The number of hydrogen-bond donors (Lipinski definition) is 0. The molecule has 94 valence electrons. The Hall–Kier alpha value is -2.20. The molecule has 0 bridgehead atoms. The maximum absolute atomic E-state index is 12.2. The predicted molar refractivity (Wildman–Crippen MR) is 76.5 cm³/mol. The Bertz CT molecular complexity index is 854. The molecule has 0 N–H and O–H groups in total. The Morgan fingerprint density at radius 1 is 1.37 bits per heavy atom. The van der Waals surface area contributed by atoms with Gasteiger partial charge in [0.15, 0.2) is 5.65 Å². The maximum Gasteiger partial charge on any atom is 0.263 e. The molecular formula is C14H10ClN3O. The molecule has 0 spiro atoms. The fourth-order valence-electron chi connectivity index (χ4n) is 1.99. The summed E-state index contributed by atoms with van der Waals surface area (Å²) in [5, 5.41) is 1.93. The molecule has 0 radical (unpaired) electrons. The van der Waals surface area contributed by atoms with Crippen LogP contribution in [0.1, 0.15) is 0 Å². The molecule has 0 unspecified atom stereocenters. The number of allylic oxidation sites excluding steroid dienone is 1. The van der Waals surface area contributed by atoms with Crippen molar-refractivity contribution in [2.45, 2.75) is 6.54 Å². The van der Waals surface area contributed by atoms with Crippen molar-refractivity contribution in [3.05, 3.63) is 58.6 Å². The number of fused-ring (bicyclic) bond motifs is 2. The van der Waals surface area contributed by atoms with Crippen molar-refractivity contribution in [1.82, 2.24) is 14.5 Å². The van der Waals surface area contributed by atoms with E-state index in [1.54, 1.807) is 24.3 Å². The molecule has 0 aliphatic carbocycles. The molecule has 3 aromatic rings. The Morgan fingerprint density at radius 2 is 2.21 bits per heavy atom. The second-order valence-corrected chi connectivity index (χ2v) is 4.62. The molecule has 0 saturated heterocycles. The summed E-state index contributed by atoms with van der Waals surface area (Å²) in [4.78, 5) is 20.8. The standard InChI is InChI=1S/C14H10ClN3O/c1-2-5-18-8-16-13-11(14(18)19)7-9-6-10(15)3-4-12(9)17-13/h2-4,6-8H,1,5H2. The Morgan fingerprint density at radius 3 is 3.00 bits per heavy atom. The van der Waals surface area contributed by atoms with E-state index in [0.29, 0.717) is 22.6 Å². The van der Waals surface area contributed by atoms with Crippen LogP contribution in [-0.4, -0.2) is 14.5 Å². The minimum Gasteiger partial charge on any atom is -0.295 e. The van der Waals surface area contributed by atoms with Gasteiger partial charge in [-0.05, 0) is 24.3 Å². The number of halogens is 1. The molecule has 0 aliphatic rings. The summed E-state index contributed by atoms with van der Waals surface area (Å²) < 4.78 is 1.49. The first-order chi connectivity index (χ1) is 9.19. The lowest BCUT2D eigenvalue weighted by Gasteiger charge is -2.04. The van der Waals surface area contributed by atoms with E-state index in [1.165, 1.54) is 10.9 Å². The highest BCUT2D eigenvalue weighted by atomic mass is 35.5. The van der Waals surface area contributed by atoms with E-state index in [2.05, 4.69) is 16.5 Å². The van der Waals surface area contributed by atoms with Crippen molar-refractivity contribution >= 4 is 33.5 Å². The van der Waals surface area contributed by atoms with Gasteiger partial charge in [-0.2, -0.15) is 0 Å². The average Bonchev–Trinajstić information content (AvgIpc) is 2.41. The molecule has 0 atom stereocenters. The van der Waals surface area contributed by atoms with Crippen LogP contribution in [0.3, 0.4) is 0 Å². The molecule has 5 heteroatoms. The quantitative estimate of drug-likeness (QED) is 0.532. The van der Waals surface area contributed by atoms with Gasteiger partial charge >= 0.3 is 0 Å². The average molecular weight is 272 g/mol. The lowest BCUT2D eigenvalue weighted by atomic mass is 10.2. The van der Waals surface area contributed by atoms with Gasteiger partial charge in [-0.1, -0.05) is 17.7 Å². The van der Waals surface area contributed by atoms with Crippen LogP contribution in [0, 0.1) is 0 Å². The number of hydrogen-bond acceptors (Lipinski definition) is 3. The van der Waals surface area contributed by atoms with Gasteiger partial charge in [-0.3, -0.25) is 9.36 Å². The van der Waals surface area contributed by atoms with Crippen LogP contribution in [0.5, 0.6) is 0 Å². The molecule has 3 rings (SSSR count). The molecule has 0 saturated carbocycles. The molecule has 1 aromatic carbocycles. The number of rotatable bonds is 2. The summed E-state index contributed by atoms with van der Waals surface area (Å²) in [5.41, 5.74) is 1.09. The zero-order chi connectivity index (χ0) is 13.4. The van der Waals surface area contributed by atoms with E-state index >= 15 is 0 Å².